The summed E-state index contributed by atoms with van der Waals surface area (Å²) in [5.74, 6) is 0.864. The maximum Gasteiger partial charge on any atom is 0.0213 e. The van der Waals surface area contributed by atoms with Crippen LogP contribution in [0.4, 0.5) is 0 Å². The van der Waals surface area contributed by atoms with Gasteiger partial charge in [0.15, 0.2) is 0 Å². The zero-order chi connectivity index (χ0) is 10.5. The molecular weight excluding hydrogens is 204 g/mol. The number of thiophene rings is 1. The van der Waals surface area contributed by atoms with E-state index in [2.05, 4.69) is 34.0 Å². The highest BCUT2D eigenvalue weighted by molar-refractivity contribution is 7.07. The van der Waals surface area contributed by atoms with Gasteiger partial charge < -0.3 is 10.2 Å². The Morgan fingerprint density at radius 1 is 1.60 bits per heavy atom. The lowest BCUT2D eigenvalue weighted by Crippen LogP contribution is -2.26. The molecule has 1 aliphatic heterocycles. The fourth-order valence-corrected chi connectivity index (χ4v) is 2.85. The van der Waals surface area contributed by atoms with Crippen LogP contribution >= 0.6 is 11.3 Å². The van der Waals surface area contributed by atoms with Gasteiger partial charge in [0.25, 0.3) is 0 Å². The Bertz CT molecular complexity index is 271. The van der Waals surface area contributed by atoms with Gasteiger partial charge in [-0.1, -0.05) is 6.92 Å². The molecule has 1 aromatic heterocycles. The SMILES string of the molecule is CCN1CCC(CNCc2ccsc2)C1. The number of nitrogens with zero attached hydrogens (tertiary/aromatic N) is 1. The van der Waals surface area contributed by atoms with E-state index in [0.29, 0.717) is 0 Å². The highest BCUT2D eigenvalue weighted by Crippen LogP contribution is 2.14. The van der Waals surface area contributed by atoms with E-state index in [4.69, 9.17) is 0 Å². The van der Waals surface area contributed by atoms with E-state index in [1.165, 1.54) is 38.2 Å². The van der Waals surface area contributed by atoms with Gasteiger partial charge in [0.1, 0.15) is 0 Å². The topological polar surface area (TPSA) is 15.3 Å². The van der Waals surface area contributed by atoms with Crippen LogP contribution < -0.4 is 5.32 Å². The summed E-state index contributed by atoms with van der Waals surface area (Å²) in [6.07, 6.45) is 1.37. The van der Waals surface area contributed by atoms with Crippen LogP contribution in [-0.2, 0) is 6.54 Å². The summed E-state index contributed by atoms with van der Waals surface area (Å²) in [6, 6.07) is 2.20. The molecule has 2 heterocycles. The van der Waals surface area contributed by atoms with Gasteiger partial charge in [-0.3, -0.25) is 0 Å². The summed E-state index contributed by atoms with van der Waals surface area (Å²) < 4.78 is 0. The summed E-state index contributed by atoms with van der Waals surface area (Å²) in [7, 11) is 0. The Morgan fingerprint density at radius 3 is 3.20 bits per heavy atom. The molecule has 3 heteroatoms. The van der Waals surface area contributed by atoms with E-state index in [1.54, 1.807) is 11.3 Å². The van der Waals surface area contributed by atoms with Crippen molar-refractivity contribution in [2.24, 2.45) is 5.92 Å². The van der Waals surface area contributed by atoms with Gasteiger partial charge in [-0.2, -0.15) is 11.3 Å². The van der Waals surface area contributed by atoms with Gasteiger partial charge in [-0.15, -0.1) is 0 Å². The van der Waals surface area contributed by atoms with E-state index in [-0.39, 0.29) is 0 Å². The predicted octanol–water partition coefficient (Wildman–Crippen LogP) is 2.18. The third-order valence-corrected chi connectivity index (χ3v) is 3.89. The Balaban J connectivity index is 1.63. The molecule has 0 saturated carbocycles. The standard InChI is InChI=1S/C12H20N2S/c1-2-14-5-3-11(9-14)7-13-8-12-4-6-15-10-12/h4,6,10-11,13H,2-3,5,7-9H2,1H3. The molecule has 84 valence electrons. The first-order valence-electron chi connectivity index (χ1n) is 5.82. The van der Waals surface area contributed by atoms with Crippen LogP contribution in [0.1, 0.15) is 18.9 Å². The lowest BCUT2D eigenvalue weighted by molar-refractivity contribution is 0.339. The summed E-state index contributed by atoms with van der Waals surface area (Å²) in [6.45, 7) is 8.25. The van der Waals surface area contributed by atoms with Crippen molar-refractivity contribution in [3.8, 4) is 0 Å². The van der Waals surface area contributed by atoms with E-state index >= 15 is 0 Å². The van der Waals surface area contributed by atoms with Crippen LogP contribution in [0.15, 0.2) is 16.8 Å². The summed E-state index contributed by atoms with van der Waals surface area (Å²) >= 11 is 1.78. The van der Waals surface area contributed by atoms with Crippen LogP contribution in [0.2, 0.25) is 0 Å². The van der Waals surface area contributed by atoms with Crippen LogP contribution in [-0.4, -0.2) is 31.1 Å². The maximum absolute atomic E-state index is 3.55. The van der Waals surface area contributed by atoms with Crippen LogP contribution in [0.25, 0.3) is 0 Å². The van der Waals surface area contributed by atoms with Crippen LogP contribution in [0.5, 0.6) is 0 Å². The average Bonchev–Trinajstić information content (AvgIpc) is 2.88. The molecule has 2 nitrogen and oxygen atoms in total. The van der Waals surface area contributed by atoms with Gasteiger partial charge >= 0.3 is 0 Å². The molecule has 1 aliphatic rings. The molecule has 1 atom stereocenters. The van der Waals surface area contributed by atoms with Crippen molar-refractivity contribution in [2.75, 3.05) is 26.2 Å². The molecule has 1 unspecified atom stereocenters. The van der Waals surface area contributed by atoms with Gasteiger partial charge in [-0.05, 0) is 54.4 Å². The first-order valence-corrected chi connectivity index (χ1v) is 6.77. The largest absolute Gasteiger partial charge is 0.312 e. The minimum Gasteiger partial charge on any atom is -0.312 e. The predicted molar refractivity (Wildman–Crippen MR) is 66.2 cm³/mol. The second kappa shape index (κ2) is 5.64. The van der Waals surface area contributed by atoms with E-state index in [0.717, 1.165) is 12.5 Å². The smallest absolute Gasteiger partial charge is 0.0213 e. The normalized spacial score (nSPS) is 22.3. The molecule has 0 radical (unpaired) electrons. The minimum absolute atomic E-state index is 0.864. The summed E-state index contributed by atoms with van der Waals surface area (Å²) in [5.41, 5.74) is 1.42. The van der Waals surface area contributed by atoms with Crippen molar-refractivity contribution >= 4 is 11.3 Å². The van der Waals surface area contributed by atoms with Crippen molar-refractivity contribution < 1.29 is 0 Å². The fourth-order valence-electron chi connectivity index (χ4n) is 2.18. The Morgan fingerprint density at radius 2 is 2.53 bits per heavy atom. The number of rotatable bonds is 5. The third-order valence-electron chi connectivity index (χ3n) is 3.16. The molecule has 0 amide bonds. The monoisotopic (exact) mass is 224 g/mol. The lowest BCUT2D eigenvalue weighted by Gasteiger charge is -2.13. The first kappa shape index (κ1) is 11.1. The molecular formula is C12H20N2S. The summed E-state index contributed by atoms with van der Waals surface area (Å²) in [4.78, 5) is 2.54. The Kier molecular flexibility index (Phi) is 4.18. The number of nitrogens with one attached hydrogen (secondary N) is 1. The molecule has 1 saturated heterocycles. The van der Waals surface area contributed by atoms with E-state index in [9.17, 15) is 0 Å². The van der Waals surface area contributed by atoms with Crippen molar-refractivity contribution in [1.82, 2.24) is 10.2 Å². The van der Waals surface area contributed by atoms with Gasteiger partial charge in [-0.25, -0.2) is 0 Å². The molecule has 0 bridgehead atoms. The highest BCUT2D eigenvalue weighted by atomic mass is 32.1. The zero-order valence-corrected chi connectivity index (χ0v) is 10.2. The molecule has 2 rings (SSSR count). The van der Waals surface area contributed by atoms with Crippen LogP contribution in [0, 0.1) is 5.92 Å². The van der Waals surface area contributed by atoms with Crippen molar-refractivity contribution in [3.63, 3.8) is 0 Å². The molecule has 0 aliphatic carbocycles. The lowest BCUT2D eigenvalue weighted by atomic mass is 10.1. The molecule has 15 heavy (non-hydrogen) atoms. The van der Waals surface area contributed by atoms with Gasteiger partial charge in [0, 0.05) is 13.1 Å². The van der Waals surface area contributed by atoms with E-state index in [1.807, 2.05) is 0 Å². The van der Waals surface area contributed by atoms with Crippen LogP contribution in [0.3, 0.4) is 0 Å². The average molecular weight is 224 g/mol. The Labute approximate surface area is 96.3 Å². The van der Waals surface area contributed by atoms with Crippen molar-refractivity contribution in [1.29, 1.82) is 0 Å². The highest BCUT2D eigenvalue weighted by Gasteiger charge is 2.20. The molecule has 0 spiro atoms. The number of hydrogen-bond acceptors (Lipinski definition) is 3. The van der Waals surface area contributed by atoms with Gasteiger partial charge in [0.05, 0.1) is 0 Å². The quantitative estimate of drug-likeness (QED) is 0.824. The Hall–Kier alpha value is -0.380. The van der Waals surface area contributed by atoms with Crippen molar-refractivity contribution in [3.05, 3.63) is 22.4 Å². The fraction of sp³-hybridized carbons (Fsp3) is 0.667. The number of likely N-dealkylation sites (tertiary alicyclic amines) is 1. The first-order chi connectivity index (χ1) is 7.38. The minimum atomic E-state index is 0.864. The van der Waals surface area contributed by atoms with Gasteiger partial charge in [0.2, 0.25) is 0 Å². The second-order valence-corrected chi connectivity index (χ2v) is 5.09. The molecule has 1 N–H and O–H groups in total. The molecule has 1 aromatic rings. The second-order valence-electron chi connectivity index (χ2n) is 4.31. The zero-order valence-electron chi connectivity index (χ0n) is 9.41. The maximum atomic E-state index is 3.55. The van der Waals surface area contributed by atoms with E-state index < -0.39 is 0 Å². The third kappa shape index (κ3) is 3.30. The van der Waals surface area contributed by atoms with Crippen molar-refractivity contribution in [2.45, 2.75) is 19.9 Å². The summed E-state index contributed by atoms with van der Waals surface area (Å²) in [5, 5.41) is 7.92. The number of hydrogen-bond donors (Lipinski definition) is 1. The molecule has 1 fully saturated rings. The molecule has 0 aromatic carbocycles.